The first-order valence-corrected chi connectivity index (χ1v) is 15.7. The molecule has 6 nitrogen and oxygen atoms in total. The maximum Gasteiger partial charge on any atom is 4.00 e. The molecule has 0 bridgehead atoms. The fourth-order valence-corrected chi connectivity index (χ4v) is 4.85. The van der Waals surface area contributed by atoms with E-state index in [1.807, 2.05) is 121 Å². The largest absolute Gasteiger partial charge is 4.00 e. The third-order valence-corrected chi connectivity index (χ3v) is 7.40. The van der Waals surface area contributed by atoms with Crippen LogP contribution < -0.4 is 14.4 Å². The van der Waals surface area contributed by atoms with Crippen molar-refractivity contribution in [2.24, 2.45) is 0 Å². The number of benzene rings is 4. The van der Waals surface area contributed by atoms with Crippen molar-refractivity contribution in [3.8, 4) is 51.4 Å². The van der Waals surface area contributed by atoms with E-state index in [4.69, 9.17) is 15.9 Å². The van der Waals surface area contributed by atoms with Crippen LogP contribution in [0, 0.1) is 49.5 Å². The van der Waals surface area contributed by atoms with E-state index < -0.39 is 0 Å². The normalized spacial score (nSPS) is 11.7. The second-order valence-corrected chi connectivity index (χ2v) is 12.2. The molecule has 0 spiro atoms. The zero-order valence-corrected chi connectivity index (χ0v) is 32.9. The van der Waals surface area contributed by atoms with Gasteiger partial charge in [-0.25, -0.2) is 24.2 Å². The van der Waals surface area contributed by atoms with E-state index in [9.17, 15) is 0 Å². The van der Waals surface area contributed by atoms with Gasteiger partial charge >= 0.3 is 21.1 Å². The van der Waals surface area contributed by atoms with Crippen LogP contribution in [0.2, 0.25) is 0 Å². The summed E-state index contributed by atoms with van der Waals surface area (Å²) in [6, 6.07) is 47.6. The number of para-hydroxylation sites is 1. The Hall–Kier alpha value is -4.81. The topological polar surface area (TPSA) is 42.8 Å². The summed E-state index contributed by atoms with van der Waals surface area (Å²) in [4.78, 5) is 8.62. The number of hydrogen-bond donors (Lipinski definition) is 0. The van der Waals surface area contributed by atoms with Gasteiger partial charge in [0.1, 0.15) is 0 Å². The van der Waals surface area contributed by atoms with Crippen molar-refractivity contribution in [3.63, 3.8) is 0 Å². The van der Waals surface area contributed by atoms with Gasteiger partial charge < -0.3 is 35.2 Å². The van der Waals surface area contributed by atoms with Gasteiger partial charge in [0, 0.05) is 56.5 Å². The fourth-order valence-electron chi connectivity index (χ4n) is 4.85. The standard InChI is InChI=1S/C37H29N3O2.C6H4N.2Pt/c1-37(2,3)30-20-29(22-35(24-30)42-34-15-9-11-31(25-34)40-19-18-39(4)26-40)36-23-28(16-17-38-36)27-10-8-14-33(21-27)41-32-12-6-5-7-13-32;1-2-7-5-3-4-6-7;;/h5-12,14-15,17-20,23-24,26H,1-4H3;3-6H;;/q-6;-1;;+4. The summed E-state index contributed by atoms with van der Waals surface area (Å²) >= 11 is 0. The maximum atomic E-state index is 6.57. The molecule has 2 aromatic heterocycles. The number of ether oxygens (including phenoxy) is 2. The average Bonchev–Trinajstić information content (AvgIpc) is 3.81. The Labute approximate surface area is 330 Å². The first-order chi connectivity index (χ1) is 23.7. The van der Waals surface area contributed by atoms with Gasteiger partial charge in [-0.05, 0) is 37.0 Å². The molecule has 0 amide bonds. The molecule has 0 unspecified atom stereocenters. The molecule has 0 saturated heterocycles. The third kappa shape index (κ3) is 10.6. The Kier molecular flexibility index (Phi) is 13.7. The van der Waals surface area contributed by atoms with Crippen LogP contribution in [-0.4, -0.2) is 21.5 Å². The van der Waals surface area contributed by atoms with Crippen LogP contribution in [0.5, 0.6) is 23.0 Å². The zero-order valence-electron chi connectivity index (χ0n) is 28.4. The summed E-state index contributed by atoms with van der Waals surface area (Å²) in [6.45, 7) is 8.51. The van der Waals surface area contributed by atoms with Crippen molar-refractivity contribution in [2.75, 3.05) is 11.9 Å². The first-order valence-electron chi connectivity index (χ1n) is 15.7. The molecule has 7 rings (SSSR count). The van der Waals surface area contributed by atoms with Gasteiger partial charge in [0.05, 0.1) is 0 Å². The molecule has 1 aliphatic heterocycles. The fraction of sp³-hybridized carbons (Fsp3) is 0.116. The van der Waals surface area contributed by atoms with Gasteiger partial charge in [-0.2, -0.15) is 43.1 Å². The molecule has 0 atom stereocenters. The molecule has 0 N–H and O–H groups in total. The number of rotatable bonds is 7. The van der Waals surface area contributed by atoms with E-state index in [0.717, 1.165) is 33.6 Å². The Morgan fingerprint density at radius 3 is 2.12 bits per heavy atom. The molecule has 4 aromatic carbocycles. The van der Waals surface area contributed by atoms with Gasteiger partial charge in [-0.3, -0.25) is 11.1 Å². The molecule has 3 heterocycles. The van der Waals surface area contributed by atoms with Gasteiger partial charge in [0.15, 0.2) is 0 Å². The molecule has 0 fully saturated rings. The summed E-state index contributed by atoms with van der Waals surface area (Å²) < 4.78 is 13.8. The van der Waals surface area contributed by atoms with E-state index in [2.05, 4.69) is 68.2 Å². The second kappa shape index (κ2) is 17.9. The van der Waals surface area contributed by atoms with Crippen molar-refractivity contribution < 1.29 is 51.6 Å². The van der Waals surface area contributed by atoms with Crippen LogP contribution in [0.15, 0.2) is 122 Å². The molecule has 260 valence electrons. The summed E-state index contributed by atoms with van der Waals surface area (Å²) in [5.41, 5.74) is 5.15. The number of nitrogens with zero attached hydrogens (tertiary/aromatic N) is 4. The minimum atomic E-state index is -0.120. The molecule has 0 aliphatic carbocycles. The molecule has 51 heavy (non-hydrogen) atoms. The van der Waals surface area contributed by atoms with Crippen LogP contribution in [0.3, 0.4) is 0 Å². The number of anilines is 1. The first kappa shape index (κ1) is 39.0. The van der Waals surface area contributed by atoms with Crippen molar-refractivity contribution >= 4 is 5.69 Å². The van der Waals surface area contributed by atoms with Gasteiger partial charge in [-0.1, -0.05) is 44.8 Å². The maximum absolute atomic E-state index is 6.57. The Balaban J connectivity index is 0.000000581. The number of aromatic nitrogens is 2. The number of pyridine rings is 1. The Morgan fingerprint density at radius 1 is 0.745 bits per heavy atom. The van der Waals surface area contributed by atoms with Gasteiger partial charge in [0.2, 0.25) is 0 Å². The van der Waals surface area contributed by atoms with Crippen molar-refractivity contribution in [1.29, 1.82) is 0 Å². The van der Waals surface area contributed by atoms with Crippen molar-refractivity contribution in [2.45, 2.75) is 26.2 Å². The molecule has 0 saturated carbocycles. The molecule has 0 radical (unpaired) electrons. The minimum Gasteiger partial charge on any atom is -0.669 e. The Bertz CT molecular complexity index is 2080. The summed E-state index contributed by atoms with van der Waals surface area (Å²) in [5, 5.41) is 0. The van der Waals surface area contributed by atoms with E-state index >= 15 is 0 Å². The van der Waals surface area contributed by atoms with E-state index in [1.165, 1.54) is 0 Å². The van der Waals surface area contributed by atoms with Gasteiger partial charge in [-0.15, -0.1) is 59.3 Å². The predicted octanol–water partition coefficient (Wildman–Crippen LogP) is 9.52. The second-order valence-electron chi connectivity index (χ2n) is 12.2. The van der Waals surface area contributed by atoms with Crippen LogP contribution >= 0.6 is 0 Å². The van der Waals surface area contributed by atoms with Crippen LogP contribution in [0.4, 0.5) is 5.69 Å². The van der Waals surface area contributed by atoms with Crippen LogP contribution in [-0.2, 0) is 47.5 Å². The third-order valence-electron chi connectivity index (χ3n) is 7.40. The monoisotopic (exact) mass is 1030 g/mol. The quantitative estimate of drug-likeness (QED) is 0.118. The van der Waals surface area contributed by atoms with Crippen LogP contribution in [0.1, 0.15) is 26.3 Å². The summed E-state index contributed by atoms with van der Waals surface area (Å²) in [6.07, 6.45) is 15.7. The van der Waals surface area contributed by atoms with E-state index in [0.29, 0.717) is 23.0 Å². The molecule has 1 aliphatic rings. The van der Waals surface area contributed by atoms with E-state index in [1.54, 1.807) is 23.2 Å². The summed E-state index contributed by atoms with van der Waals surface area (Å²) in [5.74, 6) is 2.44. The minimum absolute atomic E-state index is 0. The smallest absolute Gasteiger partial charge is 0.669 e. The molecule has 8 heteroatoms. The zero-order chi connectivity index (χ0) is 34.2. The Morgan fingerprint density at radius 2 is 1.45 bits per heavy atom. The molecular formula is C43H33N4O2Pt2-3. The number of hydrogen-bond acceptors (Lipinski definition) is 5. The SMILES string of the molecule is CN1C=CN(c2[c-]c(Oc3[c-]c(-c4cc(-c5[c-]c(Oc6[c-]cccc6)ccc5)[c-]cn4)cc(C(C)(C)C)c3)ccc2)[CH-]1.[C-]#Cn1cccc1.[Pt+4].[Pt]. The molecular weight excluding hydrogens is 995 g/mol. The molecule has 6 aromatic rings. The van der Waals surface area contributed by atoms with Crippen molar-refractivity contribution in [1.82, 2.24) is 14.5 Å². The predicted molar refractivity (Wildman–Crippen MR) is 192 cm³/mol. The van der Waals surface area contributed by atoms with Crippen LogP contribution in [0.25, 0.3) is 22.4 Å². The average molecular weight is 1030 g/mol. The van der Waals surface area contributed by atoms with Crippen molar-refractivity contribution in [3.05, 3.63) is 171 Å². The van der Waals surface area contributed by atoms with E-state index in [-0.39, 0.29) is 47.5 Å². The van der Waals surface area contributed by atoms with Gasteiger partial charge in [0.25, 0.3) is 0 Å². The summed E-state index contributed by atoms with van der Waals surface area (Å²) in [7, 11) is 1.98.